The summed E-state index contributed by atoms with van der Waals surface area (Å²) in [5, 5.41) is 1.49. The van der Waals surface area contributed by atoms with Gasteiger partial charge in [0.15, 0.2) is 0 Å². The Bertz CT molecular complexity index is 180. The maximum atomic E-state index is 6.41. The van der Waals surface area contributed by atoms with Crippen LogP contribution in [0.15, 0.2) is 0 Å². The lowest BCUT2D eigenvalue weighted by molar-refractivity contribution is 0.417. The van der Waals surface area contributed by atoms with Crippen LogP contribution in [0.4, 0.5) is 0 Å². The minimum atomic E-state index is 0.463. The first-order valence-electron chi connectivity index (χ1n) is 5.78. The molecule has 0 aromatic rings. The van der Waals surface area contributed by atoms with Gasteiger partial charge in [-0.15, -0.1) is 0 Å². The van der Waals surface area contributed by atoms with Gasteiger partial charge in [0.2, 0.25) is 0 Å². The zero-order valence-electron chi connectivity index (χ0n) is 8.95. The van der Waals surface area contributed by atoms with Crippen molar-refractivity contribution >= 4 is 23.5 Å². The van der Waals surface area contributed by atoms with Crippen LogP contribution in [0.1, 0.15) is 32.6 Å². The van der Waals surface area contributed by atoms with Gasteiger partial charge in [0.1, 0.15) is 0 Å². The summed E-state index contributed by atoms with van der Waals surface area (Å²) in [6.07, 6.45) is 5.60. The van der Waals surface area contributed by atoms with Crippen LogP contribution >= 0.6 is 23.5 Å². The van der Waals surface area contributed by atoms with Gasteiger partial charge in [-0.1, -0.05) is 19.8 Å². The van der Waals surface area contributed by atoms with Crippen LogP contribution in [0.25, 0.3) is 0 Å². The summed E-state index contributed by atoms with van der Waals surface area (Å²) in [7, 11) is 0. The molecule has 1 saturated carbocycles. The fourth-order valence-corrected chi connectivity index (χ4v) is 5.65. The second kappa shape index (κ2) is 5.13. The Morgan fingerprint density at radius 2 is 1.79 bits per heavy atom. The zero-order valence-corrected chi connectivity index (χ0v) is 10.6. The standard InChI is InChI=1S/C11H21NS2/c1-8-11(14-7-6-13-8)10(12)9-4-2-3-5-9/h8-11H,2-7,12H2,1H3. The van der Waals surface area contributed by atoms with E-state index < -0.39 is 0 Å². The van der Waals surface area contributed by atoms with E-state index in [0.29, 0.717) is 6.04 Å². The molecule has 0 radical (unpaired) electrons. The van der Waals surface area contributed by atoms with E-state index in [9.17, 15) is 0 Å². The summed E-state index contributed by atoms with van der Waals surface area (Å²) in [6, 6.07) is 0.463. The van der Waals surface area contributed by atoms with Crippen molar-refractivity contribution in [3.05, 3.63) is 0 Å². The first-order valence-corrected chi connectivity index (χ1v) is 7.87. The summed E-state index contributed by atoms with van der Waals surface area (Å²) in [4.78, 5) is 0. The maximum absolute atomic E-state index is 6.41. The first kappa shape index (κ1) is 11.2. The van der Waals surface area contributed by atoms with Gasteiger partial charge < -0.3 is 5.73 Å². The lowest BCUT2D eigenvalue weighted by Gasteiger charge is -2.35. The van der Waals surface area contributed by atoms with E-state index in [1.54, 1.807) is 0 Å². The SMILES string of the molecule is CC1SCCSC1C(N)C1CCCC1. The van der Waals surface area contributed by atoms with Crippen molar-refractivity contribution in [2.24, 2.45) is 11.7 Å². The molecule has 1 aliphatic heterocycles. The van der Waals surface area contributed by atoms with Gasteiger partial charge in [-0.3, -0.25) is 0 Å². The predicted molar refractivity (Wildman–Crippen MR) is 68.1 cm³/mol. The Kier molecular flexibility index (Phi) is 4.09. The highest BCUT2D eigenvalue weighted by Gasteiger charge is 2.33. The Balaban J connectivity index is 1.91. The van der Waals surface area contributed by atoms with Gasteiger partial charge in [-0.2, -0.15) is 23.5 Å². The number of nitrogens with two attached hydrogens (primary N) is 1. The summed E-state index contributed by atoms with van der Waals surface area (Å²) >= 11 is 4.23. The van der Waals surface area contributed by atoms with Gasteiger partial charge in [0.05, 0.1) is 0 Å². The number of hydrogen-bond donors (Lipinski definition) is 1. The van der Waals surface area contributed by atoms with E-state index in [2.05, 4.69) is 30.4 Å². The van der Waals surface area contributed by atoms with E-state index >= 15 is 0 Å². The molecule has 0 spiro atoms. The van der Waals surface area contributed by atoms with E-state index in [0.717, 1.165) is 16.4 Å². The normalized spacial score (nSPS) is 37.3. The molecule has 14 heavy (non-hydrogen) atoms. The van der Waals surface area contributed by atoms with E-state index in [-0.39, 0.29) is 0 Å². The Morgan fingerprint density at radius 3 is 2.43 bits per heavy atom. The summed E-state index contributed by atoms with van der Waals surface area (Å²) in [5.74, 6) is 3.45. The minimum Gasteiger partial charge on any atom is -0.326 e. The highest BCUT2D eigenvalue weighted by atomic mass is 32.2. The quantitative estimate of drug-likeness (QED) is 0.791. The predicted octanol–water partition coefficient (Wildman–Crippen LogP) is 2.74. The molecule has 3 unspecified atom stereocenters. The van der Waals surface area contributed by atoms with Crippen LogP contribution < -0.4 is 5.73 Å². The van der Waals surface area contributed by atoms with Gasteiger partial charge in [-0.05, 0) is 18.8 Å². The molecular weight excluding hydrogens is 210 g/mol. The average molecular weight is 231 g/mol. The molecule has 0 aromatic carbocycles. The molecule has 3 atom stereocenters. The third kappa shape index (κ3) is 2.42. The Morgan fingerprint density at radius 1 is 1.14 bits per heavy atom. The molecular formula is C11H21NS2. The molecule has 1 heterocycles. The van der Waals surface area contributed by atoms with E-state index in [4.69, 9.17) is 5.73 Å². The summed E-state index contributed by atoms with van der Waals surface area (Å²) in [5.41, 5.74) is 6.41. The van der Waals surface area contributed by atoms with Crippen molar-refractivity contribution in [3.8, 4) is 0 Å². The third-order valence-corrected chi connectivity index (χ3v) is 6.80. The molecule has 1 aliphatic carbocycles. The van der Waals surface area contributed by atoms with Crippen molar-refractivity contribution in [2.75, 3.05) is 11.5 Å². The zero-order chi connectivity index (χ0) is 9.97. The molecule has 2 N–H and O–H groups in total. The Labute approximate surface area is 96.0 Å². The molecule has 0 amide bonds. The summed E-state index contributed by atoms with van der Waals surface area (Å²) < 4.78 is 0. The van der Waals surface area contributed by atoms with Crippen LogP contribution in [0, 0.1) is 5.92 Å². The van der Waals surface area contributed by atoms with Gasteiger partial charge in [-0.25, -0.2) is 0 Å². The first-order chi connectivity index (χ1) is 6.79. The fourth-order valence-electron chi connectivity index (χ4n) is 2.68. The third-order valence-electron chi connectivity index (χ3n) is 3.56. The monoisotopic (exact) mass is 231 g/mol. The second-order valence-electron chi connectivity index (χ2n) is 4.53. The van der Waals surface area contributed by atoms with Crippen LogP contribution in [0.5, 0.6) is 0 Å². The topological polar surface area (TPSA) is 26.0 Å². The highest BCUT2D eigenvalue weighted by molar-refractivity contribution is 8.07. The van der Waals surface area contributed by atoms with Crippen LogP contribution in [-0.2, 0) is 0 Å². The lowest BCUT2D eigenvalue weighted by Crippen LogP contribution is -2.44. The van der Waals surface area contributed by atoms with Gasteiger partial charge >= 0.3 is 0 Å². The molecule has 0 bridgehead atoms. The van der Waals surface area contributed by atoms with Gasteiger partial charge in [0, 0.05) is 28.0 Å². The molecule has 3 heteroatoms. The molecule has 2 aliphatic rings. The van der Waals surface area contributed by atoms with Crippen molar-refractivity contribution < 1.29 is 0 Å². The van der Waals surface area contributed by atoms with Crippen LogP contribution in [-0.4, -0.2) is 28.0 Å². The summed E-state index contributed by atoms with van der Waals surface area (Å²) in [6.45, 7) is 2.36. The number of thioether (sulfide) groups is 2. The molecule has 2 fully saturated rings. The van der Waals surface area contributed by atoms with Gasteiger partial charge in [0.25, 0.3) is 0 Å². The smallest absolute Gasteiger partial charge is 0.0318 e. The van der Waals surface area contributed by atoms with Crippen molar-refractivity contribution in [2.45, 2.75) is 49.1 Å². The highest BCUT2D eigenvalue weighted by Crippen LogP contribution is 2.38. The lowest BCUT2D eigenvalue weighted by atomic mass is 9.95. The fraction of sp³-hybridized carbons (Fsp3) is 1.00. The van der Waals surface area contributed by atoms with E-state index in [1.807, 2.05) is 0 Å². The average Bonchev–Trinajstić information content (AvgIpc) is 2.70. The maximum Gasteiger partial charge on any atom is 0.0318 e. The van der Waals surface area contributed by atoms with Crippen molar-refractivity contribution in [3.63, 3.8) is 0 Å². The van der Waals surface area contributed by atoms with Crippen LogP contribution in [0.2, 0.25) is 0 Å². The molecule has 1 nitrogen and oxygen atoms in total. The second-order valence-corrected chi connectivity index (χ2v) is 7.30. The molecule has 2 rings (SSSR count). The molecule has 82 valence electrons. The van der Waals surface area contributed by atoms with Crippen molar-refractivity contribution in [1.82, 2.24) is 0 Å². The van der Waals surface area contributed by atoms with Crippen LogP contribution in [0.3, 0.4) is 0 Å². The Hall–Kier alpha value is 0.660. The molecule has 0 aromatic heterocycles. The number of rotatable bonds is 2. The molecule has 1 saturated heterocycles. The number of hydrogen-bond acceptors (Lipinski definition) is 3. The van der Waals surface area contributed by atoms with Crippen molar-refractivity contribution in [1.29, 1.82) is 0 Å². The largest absolute Gasteiger partial charge is 0.326 e. The van der Waals surface area contributed by atoms with E-state index in [1.165, 1.54) is 37.2 Å². The minimum absolute atomic E-state index is 0.463.